The number of anilines is 2. The van der Waals surface area contributed by atoms with Gasteiger partial charge in [-0.15, -0.1) is 0 Å². The summed E-state index contributed by atoms with van der Waals surface area (Å²) >= 11 is 15.4. The highest BCUT2D eigenvalue weighted by molar-refractivity contribution is 9.10. The number of halogens is 6. The van der Waals surface area contributed by atoms with Crippen LogP contribution in [0.2, 0.25) is 10.0 Å². The molecule has 4 rings (SSSR count). The van der Waals surface area contributed by atoms with Gasteiger partial charge in [-0.3, -0.25) is 4.79 Å². The van der Waals surface area contributed by atoms with Gasteiger partial charge in [-0.25, -0.2) is 4.68 Å². The number of nitrogens with zero attached hydrogens (tertiary/aromatic N) is 2. The van der Waals surface area contributed by atoms with Gasteiger partial charge in [-0.1, -0.05) is 57.3 Å². The highest BCUT2D eigenvalue weighted by atomic mass is 79.9. The highest BCUT2D eigenvalue weighted by Gasteiger charge is 2.46. The normalized spacial score (nSPS) is 18.3. The molecule has 1 aliphatic rings. The first-order valence-corrected chi connectivity index (χ1v) is 10.6. The van der Waals surface area contributed by atoms with Crippen LogP contribution >= 0.6 is 39.1 Å². The van der Waals surface area contributed by atoms with Gasteiger partial charge in [-0.05, 0) is 29.8 Å². The second-order valence-corrected chi connectivity index (χ2v) is 8.68. The van der Waals surface area contributed by atoms with E-state index in [2.05, 4.69) is 31.7 Å². The van der Waals surface area contributed by atoms with Crippen molar-refractivity contribution >= 4 is 56.5 Å². The van der Waals surface area contributed by atoms with Crippen LogP contribution in [0.25, 0.3) is 0 Å². The van der Waals surface area contributed by atoms with E-state index in [4.69, 9.17) is 23.2 Å². The molecule has 5 nitrogen and oxygen atoms in total. The van der Waals surface area contributed by atoms with Crippen molar-refractivity contribution < 1.29 is 18.0 Å². The fraction of sp³-hybridized carbons (Fsp3) is 0.200. The molecule has 0 saturated heterocycles. The summed E-state index contributed by atoms with van der Waals surface area (Å²) in [5.74, 6) is -0.628. The summed E-state index contributed by atoms with van der Waals surface area (Å²) in [5, 5.41) is 9.89. The number of alkyl halides is 3. The molecule has 0 radical (unpaired) electrons. The number of carbonyl (C=O) groups excluding carboxylic acids is 1. The van der Waals surface area contributed by atoms with E-state index in [9.17, 15) is 18.0 Å². The smallest absolute Gasteiger partial charge is 0.363 e. The van der Waals surface area contributed by atoms with E-state index in [-0.39, 0.29) is 33.7 Å². The predicted octanol–water partition coefficient (Wildman–Crippen LogP) is 6.87. The Labute approximate surface area is 193 Å². The van der Waals surface area contributed by atoms with E-state index in [1.165, 1.54) is 18.2 Å². The Morgan fingerprint density at radius 2 is 1.81 bits per heavy atom. The molecule has 0 bridgehead atoms. The lowest BCUT2D eigenvalue weighted by atomic mass is 9.97. The van der Waals surface area contributed by atoms with Gasteiger partial charge in [0.05, 0.1) is 21.8 Å². The summed E-state index contributed by atoms with van der Waals surface area (Å²) < 4.78 is 43.0. The third-order valence-electron chi connectivity index (χ3n) is 4.90. The number of hydrogen-bond donors (Lipinski definition) is 2. The van der Waals surface area contributed by atoms with Crippen LogP contribution in [-0.4, -0.2) is 21.9 Å². The Morgan fingerprint density at radius 3 is 2.42 bits per heavy atom. The van der Waals surface area contributed by atoms with Crippen molar-refractivity contribution in [3.8, 4) is 0 Å². The zero-order valence-electron chi connectivity index (χ0n) is 15.6. The van der Waals surface area contributed by atoms with Crippen LogP contribution in [-0.2, 0) is 0 Å². The minimum atomic E-state index is -4.55. The molecule has 0 aliphatic carbocycles. The van der Waals surface area contributed by atoms with Gasteiger partial charge in [0.2, 0.25) is 0 Å². The molecule has 3 aromatic rings. The molecule has 2 atom stereocenters. The SMILES string of the molecule is O=C(Nc1c(Cl)cccc1Cl)c1cc2n(n1)[C@@H](C(F)(F)F)C[C@H](c1ccc(Br)cc1)N2. The maximum atomic E-state index is 13.8. The molecule has 162 valence electrons. The van der Waals surface area contributed by atoms with Crippen LogP contribution < -0.4 is 10.6 Å². The first kappa shape index (κ1) is 22.0. The van der Waals surface area contributed by atoms with Gasteiger partial charge >= 0.3 is 6.18 Å². The summed E-state index contributed by atoms with van der Waals surface area (Å²) in [6, 6.07) is 10.5. The van der Waals surface area contributed by atoms with E-state index < -0.39 is 24.2 Å². The number of nitrogens with one attached hydrogen (secondary N) is 2. The number of hydrogen-bond acceptors (Lipinski definition) is 3. The second kappa shape index (κ2) is 8.37. The predicted molar refractivity (Wildman–Crippen MR) is 117 cm³/mol. The number of para-hydroxylation sites is 1. The lowest BCUT2D eigenvalue weighted by Gasteiger charge is -2.33. The molecular formula is C20H14BrCl2F3N4O. The van der Waals surface area contributed by atoms with Gasteiger partial charge in [-0.2, -0.15) is 18.3 Å². The van der Waals surface area contributed by atoms with Crippen LogP contribution in [0.4, 0.5) is 24.7 Å². The van der Waals surface area contributed by atoms with Crippen LogP contribution in [0.15, 0.2) is 53.0 Å². The molecule has 1 aliphatic heterocycles. The van der Waals surface area contributed by atoms with Gasteiger partial charge in [0.1, 0.15) is 5.82 Å². The number of rotatable bonds is 3. The van der Waals surface area contributed by atoms with Gasteiger partial charge in [0.15, 0.2) is 11.7 Å². The average Bonchev–Trinajstić information content (AvgIpc) is 3.14. The highest BCUT2D eigenvalue weighted by Crippen LogP contribution is 2.44. The number of aromatic nitrogens is 2. The van der Waals surface area contributed by atoms with Gasteiger partial charge in [0, 0.05) is 17.0 Å². The van der Waals surface area contributed by atoms with E-state index in [1.807, 2.05) is 0 Å². The van der Waals surface area contributed by atoms with Gasteiger partial charge < -0.3 is 10.6 Å². The van der Waals surface area contributed by atoms with Crippen molar-refractivity contribution in [2.45, 2.75) is 24.7 Å². The van der Waals surface area contributed by atoms with E-state index >= 15 is 0 Å². The molecule has 0 spiro atoms. The standard InChI is InChI=1S/C20H14BrCl2F3N4O/c21-11-6-4-10(5-7-11)14-8-16(20(24,25)26)30-17(27-14)9-15(29-30)19(31)28-18-12(22)2-1-3-13(18)23/h1-7,9,14,16,27H,8H2,(H,28,31)/t14-,16-/m1/s1. The minimum absolute atomic E-state index is 0.0944. The molecule has 2 N–H and O–H groups in total. The molecule has 0 saturated carbocycles. The van der Waals surface area contributed by atoms with Gasteiger partial charge in [0.25, 0.3) is 5.91 Å². The molecule has 31 heavy (non-hydrogen) atoms. The second-order valence-electron chi connectivity index (χ2n) is 6.95. The number of fused-ring (bicyclic) bond motifs is 1. The fourth-order valence-electron chi connectivity index (χ4n) is 3.39. The van der Waals surface area contributed by atoms with E-state index in [0.29, 0.717) is 5.56 Å². The molecule has 2 aromatic carbocycles. The summed E-state index contributed by atoms with van der Waals surface area (Å²) in [6.45, 7) is 0. The summed E-state index contributed by atoms with van der Waals surface area (Å²) in [4.78, 5) is 12.7. The Kier molecular flexibility index (Phi) is 5.93. The quantitative estimate of drug-likeness (QED) is 0.386. The fourth-order valence-corrected chi connectivity index (χ4v) is 4.15. The lowest BCUT2D eigenvalue weighted by Crippen LogP contribution is -2.35. The maximum absolute atomic E-state index is 13.8. The summed E-state index contributed by atoms with van der Waals surface area (Å²) in [5.41, 5.74) is 0.665. The molecule has 0 unspecified atom stereocenters. The molecule has 11 heteroatoms. The Morgan fingerprint density at radius 1 is 1.16 bits per heavy atom. The number of benzene rings is 2. The monoisotopic (exact) mass is 532 g/mol. The Bertz CT molecular complexity index is 1110. The molecule has 2 heterocycles. The summed E-state index contributed by atoms with van der Waals surface area (Å²) in [7, 11) is 0. The molecular weight excluding hydrogens is 520 g/mol. The minimum Gasteiger partial charge on any atom is -0.363 e. The number of amides is 1. The van der Waals surface area contributed by atoms with Crippen LogP contribution in [0.1, 0.15) is 34.6 Å². The third-order valence-corrected chi connectivity index (χ3v) is 6.05. The average molecular weight is 534 g/mol. The molecule has 0 fully saturated rings. The van der Waals surface area contributed by atoms with Crippen molar-refractivity contribution in [3.63, 3.8) is 0 Å². The van der Waals surface area contributed by atoms with Crippen LogP contribution in [0.3, 0.4) is 0 Å². The third kappa shape index (κ3) is 4.53. The van der Waals surface area contributed by atoms with Crippen molar-refractivity contribution in [2.24, 2.45) is 0 Å². The van der Waals surface area contributed by atoms with Crippen molar-refractivity contribution in [1.29, 1.82) is 0 Å². The number of carbonyl (C=O) groups is 1. The zero-order chi connectivity index (χ0) is 22.3. The van der Waals surface area contributed by atoms with E-state index in [0.717, 1.165) is 9.15 Å². The zero-order valence-corrected chi connectivity index (χ0v) is 18.6. The van der Waals surface area contributed by atoms with Crippen molar-refractivity contribution in [1.82, 2.24) is 9.78 Å². The first-order chi connectivity index (χ1) is 14.6. The van der Waals surface area contributed by atoms with Crippen molar-refractivity contribution in [2.75, 3.05) is 10.6 Å². The molecule has 1 aromatic heterocycles. The van der Waals surface area contributed by atoms with E-state index in [1.54, 1.807) is 30.3 Å². The Balaban J connectivity index is 1.66. The molecule has 1 amide bonds. The first-order valence-electron chi connectivity index (χ1n) is 9.07. The van der Waals surface area contributed by atoms with Crippen molar-refractivity contribution in [3.05, 3.63) is 74.3 Å². The topological polar surface area (TPSA) is 59.0 Å². The Hall–Kier alpha value is -2.23. The lowest BCUT2D eigenvalue weighted by molar-refractivity contribution is -0.173. The largest absolute Gasteiger partial charge is 0.410 e. The maximum Gasteiger partial charge on any atom is 0.410 e. The van der Waals surface area contributed by atoms with Crippen LogP contribution in [0.5, 0.6) is 0 Å². The van der Waals surface area contributed by atoms with Crippen LogP contribution in [0, 0.1) is 0 Å². The summed E-state index contributed by atoms with van der Waals surface area (Å²) in [6.07, 6.45) is -4.81.